The van der Waals surface area contributed by atoms with Crippen LogP contribution in [0, 0.1) is 0 Å². The molecule has 3 heteroatoms. The van der Waals surface area contributed by atoms with Crippen molar-refractivity contribution in [2.24, 2.45) is 0 Å². The van der Waals surface area contributed by atoms with E-state index in [-0.39, 0.29) is 5.78 Å². The predicted molar refractivity (Wildman–Crippen MR) is 77.7 cm³/mol. The van der Waals surface area contributed by atoms with Gasteiger partial charge in [-0.1, -0.05) is 45.4 Å². The Kier molecular flexibility index (Phi) is 7.87. The molecule has 0 saturated carbocycles. The number of hydrogen-bond acceptors (Lipinski definition) is 3. The third-order valence-corrected chi connectivity index (χ3v) is 3.28. The summed E-state index contributed by atoms with van der Waals surface area (Å²) in [7, 11) is 1.58. The summed E-state index contributed by atoms with van der Waals surface area (Å²) in [6, 6.07) is 1.76. The fraction of sp³-hybridized carbons (Fsp3) is 0.625. The zero-order valence-corrected chi connectivity index (χ0v) is 12.2. The number of aromatic nitrogens is 1. The van der Waals surface area contributed by atoms with E-state index in [1.54, 1.807) is 25.6 Å². The maximum Gasteiger partial charge on any atom is 0.164 e. The minimum Gasteiger partial charge on any atom is -0.495 e. The first-order valence-electron chi connectivity index (χ1n) is 7.30. The van der Waals surface area contributed by atoms with Gasteiger partial charge in [-0.2, -0.15) is 0 Å². The van der Waals surface area contributed by atoms with Gasteiger partial charge in [0.25, 0.3) is 0 Å². The third-order valence-electron chi connectivity index (χ3n) is 3.28. The largest absolute Gasteiger partial charge is 0.495 e. The summed E-state index contributed by atoms with van der Waals surface area (Å²) in [5, 5.41) is 0. The van der Waals surface area contributed by atoms with Crippen LogP contribution in [0.1, 0.15) is 68.6 Å². The first-order valence-corrected chi connectivity index (χ1v) is 7.30. The molecule has 0 amide bonds. The van der Waals surface area contributed by atoms with E-state index < -0.39 is 0 Å². The molecule has 0 aliphatic carbocycles. The van der Waals surface area contributed by atoms with Gasteiger partial charge in [-0.25, -0.2) is 0 Å². The minimum atomic E-state index is 0.167. The van der Waals surface area contributed by atoms with Crippen molar-refractivity contribution in [3.63, 3.8) is 0 Å². The molecule has 0 bridgehead atoms. The standard InChI is InChI=1S/C16H25NO2/c1-3-4-5-6-7-8-9-10-16(18)14-11-15(19-2)13-17-12-14/h11-13H,3-10H2,1-2H3. The molecule has 1 aromatic heterocycles. The Balaban J connectivity index is 2.20. The number of nitrogens with zero attached hydrogens (tertiary/aromatic N) is 1. The average Bonchev–Trinajstić information content (AvgIpc) is 2.46. The summed E-state index contributed by atoms with van der Waals surface area (Å²) in [6.45, 7) is 2.22. The number of rotatable bonds is 10. The van der Waals surface area contributed by atoms with E-state index in [1.807, 2.05) is 0 Å². The molecule has 0 fully saturated rings. The first-order chi connectivity index (χ1) is 9.27. The molecule has 0 atom stereocenters. The fourth-order valence-corrected chi connectivity index (χ4v) is 2.07. The van der Waals surface area contributed by atoms with Crippen LogP contribution in [-0.4, -0.2) is 17.9 Å². The van der Waals surface area contributed by atoms with Crippen LogP contribution in [0.3, 0.4) is 0 Å². The lowest BCUT2D eigenvalue weighted by Crippen LogP contribution is -2.00. The van der Waals surface area contributed by atoms with Crippen molar-refractivity contribution in [2.45, 2.75) is 58.3 Å². The Morgan fingerprint density at radius 2 is 1.79 bits per heavy atom. The second kappa shape index (κ2) is 9.54. The van der Waals surface area contributed by atoms with Crippen molar-refractivity contribution in [3.05, 3.63) is 24.0 Å². The molecule has 1 rings (SSSR count). The van der Waals surface area contributed by atoms with E-state index in [1.165, 1.54) is 32.1 Å². The summed E-state index contributed by atoms with van der Waals surface area (Å²) in [6.07, 6.45) is 12.4. The number of hydrogen-bond donors (Lipinski definition) is 0. The van der Waals surface area contributed by atoms with Gasteiger partial charge in [0.1, 0.15) is 5.75 Å². The highest BCUT2D eigenvalue weighted by Gasteiger charge is 2.07. The number of ether oxygens (including phenoxy) is 1. The molecule has 0 unspecified atom stereocenters. The summed E-state index contributed by atoms with van der Waals surface area (Å²) in [5.74, 6) is 0.811. The van der Waals surface area contributed by atoms with E-state index >= 15 is 0 Å². The number of carbonyl (C=O) groups is 1. The van der Waals surface area contributed by atoms with Gasteiger partial charge in [0, 0.05) is 18.2 Å². The number of pyridine rings is 1. The molecule has 0 radical (unpaired) electrons. The second-order valence-corrected chi connectivity index (χ2v) is 4.91. The lowest BCUT2D eigenvalue weighted by Gasteiger charge is -2.03. The lowest BCUT2D eigenvalue weighted by atomic mass is 10.0. The van der Waals surface area contributed by atoms with Crippen molar-refractivity contribution < 1.29 is 9.53 Å². The normalized spacial score (nSPS) is 10.4. The predicted octanol–water partition coefficient (Wildman–Crippen LogP) is 4.41. The molecule has 1 heterocycles. The molecule has 3 nitrogen and oxygen atoms in total. The lowest BCUT2D eigenvalue weighted by molar-refractivity contribution is 0.0978. The topological polar surface area (TPSA) is 39.2 Å². The van der Waals surface area contributed by atoms with Gasteiger partial charge in [-0.15, -0.1) is 0 Å². The Hall–Kier alpha value is -1.38. The monoisotopic (exact) mass is 263 g/mol. The Bertz CT molecular complexity index is 377. The maximum atomic E-state index is 12.0. The van der Waals surface area contributed by atoms with Crippen LogP contribution in [0.15, 0.2) is 18.5 Å². The van der Waals surface area contributed by atoms with Gasteiger partial charge in [0.05, 0.1) is 13.3 Å². The summed E-state index contributed by atoms with van der Waals surface area (Å²) in [5.41, 5.74) is 0.658. The summed E-state index contributed by atoms with van der Waals surface area (Å²) >= 11 is 0. The highest BCUT2D eigenvalue weighted by molar-refractivity contribution is 5.96. The Morgan fingerprint density at radius 3 is 2.47 bits per heavy atom. The van der Waals surface area contributed by atoms with Crippen LogP contribution in [0.2, 0.25) is 0 Å². The van der Waals surface area contributed by atoms with Crippen LogP contribution < -0.4 is 4.74 Å². The van der Waals surface area contributed by atoms with Crippen molar-refractivity contribution in [3.8, 4) is 5.75 Å². The number of unbranched alkanes of at least 4 members (excludes halogenated alkanes) is 6. The maximum absolute atomic E-state index is 12.0. The van der Waals surface area contributed by atoms with Gasteiger partial charge in [0.2, 0.25) is 0 Å². The van der Waals surface area contributed by atoms with Crippen molar-refractivity contribution in [1.82, 2.24) is 4.98 Å². The molecule has 1 aromatic rings. The fourth-order valence-electron chi connectivity index (χ4n) is 2.07. The molecule has 0 saturated heterocycles. The molecular formula is C16H25NO2. The molecule has 0 aromatic carbocycles. The van der Waals surface area contributed by atoms with E-state index in [0.717, 1.165) is 12.8 Å². The van der Waals surface area contributed by atoms with Crippen molar-refractivity contribution in [2.75, 3.05) is 7.11 Å². The molecule has 0 N–H and O–H groups in total. The number of Topliss-reactive ketones (excluding diaryl/α,β-unsaturated/α-hetero) is 1. The van der Waals surface area contributed by atoms with Crippen LogP contribution in [0.25, 0.3) is 0 Å². The summed E-state index contributed by atoms with van der Waals surface area (Å²) < 4.78 is 5.07. The van der Waals surface area contributed by atoms with Gasteiger partial charge in [0.15, 0.2) is 5.78 Å². The number of carbonyl (C=O) groups excluding carboxylic acids is 1. The van der Waals surface area contributed by atoms with E-state index in [4.69, 9.17) is 4.74 Å². The van der Waals surface area contributed by atoms with Crippen LogP contribution in [0.5, 0.6) is 5.75 Å². The Morgan fingerprint density at radius 1 is 1.11 bits per heavy atom. The van der Waals surface area contributed by atoms with Crippen molar-refractivity contribution in [1.29, 1.82) is 0 Å². The highest BCUT2D eigenvalue weighted by atomic mass is 16.5. The van der Waals surface area contributed by atoms with Crippen molar-refractivity contribution >= 4 is 5.78 Å². The Labute approximate surface area is 116 Å². The molecular weight excluding hydrogens is 238 g/mol. The molecule has 106 valence electrons. The zero-order valence-electron chi connectivity index (χ0n) is 12.2. The summed E-state index contributed by atoms with van der Waals surface area (Å²) in [4.78, 5) is 16.0. The van der Waals surface area contributed by atoms with Gasteiger partial charge in [-0.3, -0.25) is 9.78 Å². The zero-order chi connectivity index (χ0) is 13.9. The molecule has 0 aliphatic heterocycles. The van der Waals surface area contributed by atoms with Crippen LogP contribution >= 0.6 is 0 Å². The van der Waals surface area contributed by atoms with E-state index in [2.05, 4.69) is 11.9 Å². The minimum absolute atomic E-state index is 0.167. The van der Waals surface area contributed by atoms with E-state index in [0.29, 0.717) is 17.7 Å². The first kappa shape index (κ1) is 15.7. The quantitative estimate of drug-likeness (QED) is 0.463. The van der Waals surface area contributed by atoms with E-state index in [9.17, 15) is 4.79 Å². The van der Waals surface area contributed by atoms with Gasteiger partial charge < -0.3 is 4.74 Å². The van der Waals surface area contributed by atoms with Crippen LogP contribution in [0.4, 0.5) is 0 Å². The number of ketones is 1. The third kappa shape index (κ3) is 6.37. The molecule has 19 heavy (non-hydrogen) atoms. The SMILES string of the molecule is CCCCCCCCCC(=O)c1cncc(OC)c1. The molecule has 0 spiro atoms. The molecule has 0 aliphatic rings. The smallest absolute Gasteiger partial charge is 0.164 e. The second-order valence-electron chi connectivity index (χ2n) is 4.91. The highest BCUT2D eigenvalue weighted by Crippen LogP contribution is 2.14. The number of methoxy groups -OCH3 is 1. The van der Waals surface area contributed by atoms with Gasteiger partial charge >= 0.3 is 0 Å². The van der Waals surface area contributed by atoms with Crippen LogP contribution in [-0.2, 0) is 0 Å². The average molecular weight is 263 g/mol. The van der Waals surface area contributed by atoms with Gasteiger partial charge in [-0.05, 0) is 12.5 Å².